The Morgan fingerprint density at radius 1 is 0.439 bits per heavy atom. The highest BCUT2D eigenvalue weighted by Crippen LogP contribution is 2.49. The minimum atomic E-state index is -0.260. The Labute approximate surface area is 385 Å². The molecule has 0 aliphatic heterocycles. The van der Waals surface area contributed by atoms with Crippen LogP contribution >= 0.6 is 16.9 Å². The van der Waals surface area contributed by atoms with Gasteiger partial charge in [0.1, 0.15) is 34.1 Å². The van der Waals surface area contributed by atoms with E-state index in [1.807, 2.05) is 159 Å². The summed E-state index contributed by atoms with van der Waals surface area (Å²) in [5, 5.41) is 29.5. The van der Waals surface area contributed by atoms with Crippen LogP contribution in [0.1, 0.15) is 43.0 Å². The lowest BCUT2D eigenvalue weighted by Gasteiger charge is -2.19. The molecule has 8 heteroatoms. The number of phenols is 2. The molecule has 0 aliphatic rings. The molecule has 10 rings (SSSR count). The molecule has 0 heterocycles. The third-order valence-corrected chi connectivity index (χ3v) is 12.4. The molecular weight excluding hydrogens is 855 g/mol. The van der Waals surface area contributed by atoms with Crippen molar-refractivity contribution in [2.75, 3.05) is 0 Å². The minimum Gasteiger partial charge on any atom is -0.507 e. The van der Waals surface area contributed by atoms with Gasteiger partial charge in [-0.25, -0.2) is 0 Å². The molecular formula is C58H42O6P2. The lowest BCUT2D eigenvalue weighted by atomic mass is 9.88. The summed E-state index contributed by atoms with van der Waals surface area (Å²) in [7, 11) is 0.966. The van der Waals surface area contributed by atoms with Gasteiger partial charge in [-0.1, -0.05) is 169 Å². The second kappa shape index (κ2) is 18.7. The number of aryl methyl sites for hydroxylation is 2. The van der Waals surface area contributed by atoms with Gasteiger partial charge < -0.3 is 19.3 Å². The third kappa shape index (κ3) is 8.21. The largest absolute Gasteiger partial charge is 0.507 e. The Bertz CT molecular complexity index is 3540. The van der Waals surface area contributed by atoms with Crippen molar-refractivity contribution >= 4 is 84.1 Å². The first-order chi connectivity index (χ1) is 32.2. The maximum absolute atomic E-state index is 13.8. The van der Waals surface area contributed by atoms with E-state index < -0.39 is 0 Å². The zero-order chi connectivity index (χ0) is 45.9. The number of aromatic hydroxyl groups is 2. The number of ketones is 2. The Morgan fingerprint density at radius 2 is 0.864 bits per heavy atom. The molecule has 66 heavy (non-hydrogen) atoms. The van der Waals surface area contributed by atoms with Crippen molar-refractivity contribution in [3.63, 3.8) is 0 Å². The van der Waals surface area contributed by atoms with E-state index in [1.54, 1.807) is 24.3 Å². The van der Waals surface area contributed by atoms with Crippen molar-refractivity contribution < 1.29 is 28.8 Å². The van der Waals surface area contributed by atoms with E-state index in [9.17, 15) is 19.8 Å². The fourth-order valence-corrected chi connectivity index (χ4v) is 9.18. The van der Waals surface area contributed by atoms with Crippen LogP contribution in [0.4, 0.5) is 0 Å². The lowest BCUT2D eigenvalue weighted by molar-refractivity contribution is 0.102. The smallest absolute Gasteiger partial charge is 0.196 e. The first-order valence-electron chi connectivity index (χ1n) is 21.2. The number of fused-ring (bicyclic) bond motifs is 4. The third-order valence-electron chi connectivity index (χ3n) is 11.8. The molecule has 0 atom stereocenters. The molecule has 10 aromatic rings. The number of carbonyl (C=O) groups excluding carboxylic acids is 2. The van der Waals surface area contributed by atoms with E-state index in [0.29, 0.717) is 56.2 Å². The summed E-state index contributed by atoms with van der Waals surface area (Å²) >= 11 is 0. The highest BCUT2D eigenvalue weighted by atomic mass is 31.1. The molecule has 0 radical (unpaired) electrons. The van der Waals surface area contributed by atoms with E-state index in [0.717, 1.165) is 65.3 Å². The fourth-order valence-electron chi connectivity index (χ4n) is 8.57. The predicted octanol–water partition coefficient (Wildman–Crippen LogP) is 15.2. The number of hydrogen-bond acceptors (Lipinski definition) is 6. The molecule has 6 nitrogen and oxygen atoms in total. The molecule has 0 saturated heterocycles. The van der Waals surface area contributed by atoms with Gasteiger partial charge in [0.25, 0.3) is 0 Å². The van der Waals surface area contributed by atoms with Gasteiger partial charge in [0.15, 0.2) is 17.3 Å². The topological polar surface area (TPSA) is 93.1 Å². The molecule has 0 spiro atoms. The Hall–Kier alpha value is -7.88. The first-order valence-corrected chi connectivity index (χ1v) is 23.2. The quantitative estimate of drug-likeness (QED) is 0.105. The van der Waals surface area contributed by atoms with Crippen LogP contribution in [-0.4, -0.2) is 34.4 Å². The Kier molecular flexibility index (Phi) is 12.3. The van der Waals surface area contributed by atoms with Crippen LogP contribution in [0.2, 0.25) is 0 Å². The van der Waals surface area contributed by atoms with Crippen LogP contribution in [-0.2, 0) is 0 Å². The summed E-state index contributed by atoms with van der Waals surface area (Å²) in [6, 6.07) is 57.4. The van der Waals surface area contributed by atoms with E-state index in [4.69, 9.17) is 9.05 Å². The summed E-state index contributed by atoms with van der Waals surface area (Å²) in [5.74, 6) is 0.733. The van der Waals surface area contributed by atoms with E-state index >= 15 is 0 Å². The standard InChI is InChI=1S/C30H22O3P2.C28H20O3/c1-19-12-14-21(15-13-19)29(31)25-18-22-9-5-7-11-24(22)28(30(25)33-35-3)27-23-10-6-4-8-20(23)16-17-26(27)32-34-2;1-17-10-12-19(13-11-17)27(30)23-16-20-7-3-5-9-22(20)26(28(23)31)25-21-8-4-2-6-18(21)14-15-24(25)29/h4-18H,2-3H2,1H3;2-16,29,31H,1H3. The molecule has 0 unspecified atom stereocenters. The van der Waals surface area contributed by atoms with Gasteiger partial charge in [-0.15, -0.1) is 0 Å². The first kappa shape index (κ1) is 43.4. The summed E-state index contributed by atoms with van der Waals surface area (Å²) in [6.45, 7) is 3.96. The van der Waals surface area contributed by atoms with Crippen molar-refractivity contribution in [2.24, 2.45) is 0 Å². The predicted molar refractivity (Wildman–Crippen MR) is 276 cm³/mol. The highest BCUT2D eigenvalue weighted by molar-refractivity contribution is 7.31. The highest BCUT2D eigenvalue weighted by Gasteiger charge is 2.26. The van der Waals surface area contributed by atoms with Gasteiger partial charge in [-0.2, -0.15) is 0 Å². The average molecular weight is 897 g/mol. The summed E-state index contributed by atoms with van der Waals surface area (Å²) in [4.78, 5) is 27.1. The SMILES string of the molecule is C=POc1ccc2ccccc2c1-c1c(OP=C)c(C(=O)c2ccc(C)cc2)cc2ccccc12.Cc1ccc(C(=O)c2cc3ccccc3c(-c3c(O)ccc4ccccc34)c2O)cc1. The summed E-state index contributed by atoms with van der Waals surface area (Å²) in [6.07, 6.45) is 7.76. The van der Waals surface area contributed by atoms with E-state index in [1.165, 1.54) is 0 Å². The lowest BCUT2D eigenvalue weighted by Crippen LogP contribution is -2.05. The van der Waals surface area contributed by atoms with E-state index in [2.05, 4.69) is 24.7 Å². The van der Waals surface area contributed by atoms with Crippen molar-refractivity contribution in [2.45, 2.75) is 13.8 Å². The average Bonchev–Trinajstić information content (AvgIpc) is 3.34. The zero-order valence-corrected chi connectivity index (χ0v) is 37.9. The molecule has 0 amide bonds. The molecule has 0 aliphatic carbocycles. The van der Waals surface area contributed by atoms with E-state index in [-0.39, 0.29) is 28.6 Å². The number of rotatable bonds is 10. The summed E-state index contributed by atoms with van der Waals surface area (Å²) < 4.78 is 12.1. The van der Waals surface area contributed by atoms with Crippen LogP contribution in [0, 0.1) is 13.8 Å². The van der Waals surface area contributed by atoms with Gasteiger partial charge in [0.05, 0.1) is 11.1 Å². The second-order valence-corrected chi connectivity index (χ2v) is 16.8. The summed E-state index contributed by atoms with van der Waals surface area (Å²) in [5.41, 5.74) is 6.62. The zero-order valence-electron chi connectivity index (χ0n) is 36.2. The number of carbonyl (C=O) groups is 2. The maximum Gasteiger partial charge on any atom is 0.196 e. The van der Waals surface area contributed by atoms with Crippen LogP contribution in [0.3, 0.4) is 0 Å². The monoisotopic (exact) mass is 896 g/mol. The van der Waals surface area contributed by atoms with Gasteiger partial charge in [-0.05, 0) is 93.8 Å². The normalized spacial score (nSPS) is 11.2. The van der Waals surface area contributed by atoms with Gasteiger partial charge in [-0.3, -0.25) is 9.59 Å². The van der Waals surface area contributed by atoms with Gasteiger partial charge >= 0.3 is 0 Å². The minimum absolute atomic E-state index is 0.0547. The fraction of sp³-hybridized carbons (Fsp3) is 0.0345. The molecule has 320 valence electrons. The van der Waals surface area contributed by atoms with Crippen molar-refractivity contribution in [3.05, 3.63) is 215 Å². The Morgan fingerprint density at radius 3 is 1.39 bits per heavy atom. The molecule has 10 aromatic carbocycles. The van der Waals surface area contributed by atoms with Crippen molar-refractivity contribution in [1.82, 2.24) is 0 Å². The molecule has 0 bridgehead atoms. The second-order valence-electron chi connectivity index (χ2n) is 15.9. The van der Waals surface area contributed by atoms with Crippen LogP contribution in [0.25, 0.3) is 65.3 Å². The number of hydrogen-bond donors (Lipinski definition) is 2. The maximum atomic E-state index is 13.8. The van der Waals surface area contributed by atoms with Gasteiger partial charge in [0, 0.05) is 33.4 Å². The van der Waals surface area contributed by atoms with Crippen LogP contribution in [0.15, 0.2) is 182 Å². The molecule has 0 aromatic heterocycles. The van der Waals surface area contributed by atoms with Crippen LogP contribution in [0.5, 0.6) is 23.0 Å². The van der Waals surface area contributed by atoms with Crippen molar-refractivity contribution in [3.8, 4) is 45.3 Å². The van der Waals surface area contributed by atoms with Gasteiger partial charge in [0.2, 0.25) is 0 Å². The number of phenolic OH excluding ortho intramolecular Hbond substituents is 2. The van der Waals surface area contributed by atoms with Crippen LogP contribution < -0.4 is 9.05 Å². The number of benzene rings is 10. The molecule has 0 saturated carbocycles. The molecule has 2 N–H and O–H groups in total. The molecule has 0 fully saturated rings. The Balaban J connectivity index is 0.000000167. The van der Waals surface area contributed by atoms with Crippen molar-refractivity contribution in [1.29, 1.82) is 0 Å².